The smallest absolute Gasteiger partial charge is 0.308 e. The molecule has 90 valence electrons. The summed E-state index contributed by atoms with van der Waals surface area (Å²) in [5.74, 6) is -1.27. The molecule has 0 spiro atoms. The van der Waals surface area contributed by atoms with Crippen LogP contribution in [-0.4, -0.2) is 23.5 Å². The Kier molecular flexibility index (Phi) is 2.99. The average molecular weight is 234 g/mol. The van der Waals surface area contributed by atoms with Crippen molar-refractivity contribution in [2.24, 2.45) is 5.92 Å². The van der Waals surface area contributed by atoms with E-state index < -0.39 is 11.9 Å². The molecular formula is C12H14N2O3. The Labute approximate surface area is 98.8 Å². The number of carboxylic acid groups (broad SMARTS) is 1. The minimum Gasteiger partial charge on any atom is -0.481 e. The molecule has 5 nitrogen and oxygen atoms in total. The number of nitrogens with one attached hydrogen (secondary N) is 2. The van der Waals surface area contributed by atoms with Crippen LogP contribution in [0.25, 0.3) is 0 Å². The highest BCUT2D eigenvalue weighted by Crippen LogP contribution is 2.25. The van der Waals surface area contributed by atoms with Gasteiger partial charge in [-0.1, -0.05) is 6.92 Å². The lowest BCUT2D eigenvalue weighted by Crippen LogP contribution is -2.19. The zero-order valence-corrected chi connectivity index (χ0v) is 9.49. The number of carbonyl (C=O) groups excluding carboxylic acids is 1. The first-order valence-corrected chi connectivity index (χ1v) is 5.45. The molecule has 0 radical (unpaired) electrons. The number of hydrogen-bond acceptors (Lipinski definition) is 3. The predicted octanol–water partition coefficient (Wildman–Crippen LogP) is 1.31. The molecule has 17 heavy (non-hydrogen) atoms. The molecule has 0 aromatic heterocycles. The van der Waals surface area contributed by atoms with Crippen molar-refractivity contribution < 1.29 is 14.7 Å². The summed E-state index contributed by atoms with van der Waals surface area (Å²) in [5.41, 5.74) is 2.63. The summed E-state index contributed by atoms with van der Waals surface area (Å²) in [6, 6.07) is 5.54. The molecule has 1 unspecified atom stereocenters. The van der Waals surface area contributed by atoms with Crippen LogP contribution >= 0.6 is 0 Å². The molecule has 0 aliphatic carbocycles. The number of rotatable bonds is 4. The number of aliphatic carboxylic acids is 1. The quantitative estimate of drug-likeness (QED) is 0.734. The highest BCUT2D eigenvalue weighted by atomic mass is 16.4. The number of carboxylic acids is 1. The van der Waals surface area contributed by atoms with Gasteiger partial charge >= 0.3 is 5.97 Å². The van der Waals surface area contributed by atoms with E-state index in [1.165, 1.54) is 0 Å². The first kappa shape index (κ1) is 11.4. The summed E-state index contributed by atoms with van der Waals surface area (Å²) < 4.78 is 0. The second-order valence-electron chi connectivity index (χ2n) is 4.22. The first-order valence-electron chi connectivity index (χ1n) is 5.45. The second kappa shape index (κ2) is 4.45. The van der Waals surface area contributed by atoms with Crippen LogP contribution in [0.2, 0.25) is 0 Å². The van der Waals surface area contributed by atoms with Crippen molar-refractivity contribution in [2.45, 2.75) is 13.3 Å². The van der Waals surface area contributed by atoms with E-state index >= 15 is 0 Å². The van der Waals surface area contributed by atoms with Crippen LogP contribution in [0.1, 0.15) is 12.5 Å². The molecule has 1 heterocycles. The average Bonchev–Trinajstić information content (AvgIpc) is 2.64. The summed E-state index contributed by atoms with van der Waals surface area (Å²) in [6.07, 6.45) is 0.388. The van der Waals surface area contributed by atoms with Gasteiger partial charge in [-0.3, -0.25) is 9.59 Å². The van der Waals surface area contributed by atoms with Gasteiger partial charge in [0.1, 0.15) is 0 Å². The highest BCUT2D eigenvalue weighted by molar-refractivity contribution is 5.99. The first-order chi connectivity index (χ1) is 8.06. The van der Waals surface area contributed by atoms with E-state index in [4.69, 9.17) is 5.11 Å². The zero-order chi connectivity index (χ0) is 12.4. The molecule has 1 amide bonds. The third kappa shape index (κ3) is 2.55. The molecule has 0 fully saturated rings. The molecule has 1 aliphatic heterocycles. The maximum atomic E-state index is 11.2. The van der Waals surface area contributed by atoms with Crippen LogP contribution in [0.15, 0.2) is 18.2 Å². The maximum Gasteiger partial charge on any atom is 0.308 e. The standard InChI is InChI=1S/C12H14N2O3/c1-7(12(16)17)6-13-9-2-3-10-8(4-9)5-11(15)14-10/h2-4,7,13H,5-6H2,1H3,(H,14,15)(H,16,17). The van der Waals surface area contributed by atoms with Crippen molar-refractivity contribution in [3.63, 3.8) is 0 Å². The number of hydrogen-bond donors (Lipinski definition) is 3. The van der Waals surface area contributed by atoms with Gasteiger partial charge in [-0.2, -0.15) is 0 Å². The summed E-state index contributed by atoms with van der Waals surface area (Å²) in [6.45, 7) is 2.02. The molecular weight excluding hydrogens is 220 g/mol. The summed E-state index contributed by atoms with van der Waals surface area (Å²) >= 11 is 0. The van der Waals surface area contributed by atoms with Gasteiger partial charge in [-0.05, 0) is 23.8 Å². The Morgan fingerprint density at radius 3 is 3.06 bits per heavy atom. The van der Waals surface area contributed by atoms with Gasteiger partial charge < -0.3 is 15.7 Å². The zero-order valence-electron chi connectivity index (χ0n) is 9.49. The van der Waals surface area contributed by atoms with E-state index in [1.807, 2.05) is 18.2 Å². The number of anilines is 2. The van der Waals surface area contributed by atoms with E-state index in [-0.39, 0.29) is 5.91 Å². The van der Waals surface area contributed by atoms with E-state index in [1.54, 1.807) is 6.92 Å². The van der Waals surface area contributed by atoms with Gasteiger partial charge in [0.15, 0.2) is 0 Å². The summed E-state index contributed by atoms with van der Waals surface area (Å²) in [4.78, 5) is 21.8. The van der Waals surface area contributed by atoms with E-state index in [2.05, 4.69) is 10.6 Å². The Balaban J connectivity index is 2.02. The van der Waals surface area contributed by atoms with Crippen molar-refractivity contribution in [1.82, 2.24) is 0 Å². The molecule has 2 rings (SSSR count). The van der Waals surface area contributed by atoms with Gasteiger partial charge in [0.05, 0.1) is 12.3 Å². The van der Waals surface area contributed by atoms with Gasteiger partial charge in [-0.15, -0.1) is 0 Å². The number of benzene rings is 1. The fraction of sp³-hybridized carbons (Fsp3) is 0.333. The monoisotopic (exact) mass is 234 g/mol. The van der Waals surface area contributed by atoms with Crippen molar-refractivity contribution >= 4 is 23.3 Å². The number of carbonyl (C=O) groups is 2. The minimum atomic E-state index is -0.824. The summed E-state index contributed by atoms with van der Waals surface area (Å²) in [5, 5.41) is 14.6. The maximum absolute atomic E-state index is 11.2. The van der Waals surface area contributed by atoms with Gasteiger partial charge in [0, 0.05) is 17.9 Å². The molecule has 1 atom stereocenters. The Bertz CT molecular complexity index is 471. The lowest BCUT2D eigenvalue weighted by Gasteiger charge is -2.10. The van der Waals surface area contributed by atoms with Crippen molar-refractivity contribution in [3.05, 3.63) is 23.8 Å². The third-order valence-electron chi connectivity index (χ3n) is 2.76. The van der Waals surface area contributed by atoms with Crippen molar-refractivity contribution in [2.75, 3.05) is 17.2 Å². The number of fused-ring (bicyclic) bond motifs is 1. The minimum absolute atomic E-state index is 0.00365. The Hall–Kier alpha value is -2.04. The molecule has 0 saturated heterocycles. The van der Waals surface area contributed by atoms with Crippen LogP contribution in [0.4, 0.5) is 11.4 Å². The fourth-order valence-corrected chi connectivity index (χ4v) is 1.70. The number of amides is 1. The third-order valence-corrected chi connectivity index (χ3v) is 2.76. The highest BCUT2D eigenvalue weighted by Gasteiger charge is 2.17. The second-order valence-corrected chi connectivity index (χ2v) is 4.22. The molecule has 5 heteroatoms. The van der Waals surface area contributed by atoms with Crippen LogP contribution in [0.5, 0.6) is 0 Å². The Morgan fingerprint density at radius 1 is 1.59 bits per heavy atom. The summed E-state index contributed by atoms with van der Waals surface area (Å²) in [7, 11) is 0. The van der Waals surface area contributed by atoms with E-state index in [0.717, 1.165) is 16.9 Å². The molecule has 1 aliphatic rings. The fourth-order valence-electron chi connectivity index (χ4n) is 1.70. The lowest BCUT2D eigenvalue weighted by atomic mass is 10.1. The molecule has 1 aromatic rings. The van der Waals surface area contributed by atoms with Gasteiger partial charge in [0.2, 0.25) is 5.91 Å². The van der Waals surface area contributed by atoms with Crippen LogP contribution in [-0.2, 0) is 16.0 Å². The van der Waals surface area contributed by atoms with Gasteiger partial charge in [-0.25, -0.2) is 0 Å². The normalized spacial score (nSPS) is 15.0. The van der Waals surface area contributed by atoms with Crippen LogP contribution in [0.3, 0.4) is 0 Å². The van der Waals surface area contributed by atoms with Crippen molar-refractivity contribution in [3.8, 4) is 0 Å². The Morgan fingerprint density at radius 2 is 2.35 bits per heavy atom. The molecule has 0 saturated carbocycles. The largest absolute Gasteiger partial charge is 0.481 e. The molecule has 1 aromatic carbocycles. The molecule has 0 bridgehead atoms. The van der Waals surface area contributed by atoms with E-state index in [9.17, 15) is 9.59 Å². The SMILES string of the molecule is CC(CNc1ccc2c(c1)CC(=O)N2)C(=O)O. The predicted molar refractivity (Wildman–Crippen MR) is 64.1 cm³/mol. The van der Waals surface area contributed by atoms with E-state index in [0.29, 0.717) is 13.0 Å². The topological polar surface area (TPSA) is 78.4 Å². The van der Waals surface area contributed by atoms with Crippen molar-refractivity contribution in [1.29, 1.82) is 0 Å². The van der Waals surface area contributed by atoms with Gasteiger partial charge in [0.25, 0.3) is 0 Å². The lowest BCUT2D eigenvalue weighted by molar-refractivity contribution is -0.140. The molecule has 3 N–H and O–H groups in total. The van der Waals surface area contributed by atoms with Crippen LogP contribution < -0.4 is 10.6 Å². The van der Waals surface area contributed by atoms with Crippen LogP contribution in [0, 0.1) is 5.92 Å².